The van der Waals surface area contributed by atoms with Crippen LogP contribution in [-0.4, -0.2) is 49.2 Å². The fraction of sp³-hybridized carbons (Fsp3) is 0.643. The van der Waals surface area contributed by atoms with E-state index >= 15 is 0 Å². The molecule has 1 amide bonds. The van der Waals surface area contributed by atoms with Crippen LogP contribution in [0.4, 0.5) is 5.69 Å². The molecule has 0 aliphatic rings. The quantitative estimate of drug-likeness (QED) is 0.571. The van der Waals surface area contributed by atoms with Crippen LogP contribution in [0.5, 0.6) is 0 Å². The lowest BCUT2D eigenvalue weighted by Crippen LogP contribution is -2.42. The zero-order chi connectivity index (χ0) is 17.7. The van der Waals surface area contributed by atoms with Gasteiger partial charge in [-0.2, -0.15) is 5.10 Å². The van der Waals surface area contributed by atoms with Gasteiger partial charge in [0.2, 0.25) is 5.91 Å². The van der Waals surface area contributed by atoms with E-state index < -0.39 is 10.9 Å². The number of carboxylic acid groups (broad SMARTS) is 1. The van der Waals surface area contributed by atoms with Crippen molar-refractivity contribution in [1.82, 2.24) is 14.7 Å². The SMILES string of the molecule is CCC(C)N(CC(=O)O)C(=O)CCn1nc(C)c([N+](=O)[O-])c1C. The Morgan fingerprint density at radius 1 is 1.43 bits per heavy atom. The fourth-order valence-electron chi connectivity index (χ4n) is 2.37. The number of nitrogens with zero attached hydrogens (tertiary/aromatic N) is 4. The molecule has 1 aromatic heterocycles. The van der Waals surface area contributed by atoms with Crippen LogP contribution in [0.3, 0.4) is 0 Å². The first kappa shape index (κ1) is 18.6. The van der Waals surface area contributed by atoms with E-state index in [0.717, 1.165) is 0 Å². The molecule has 1 atom stereocenters. The molecular formula is C14H22N4O5. The van der Waals surface area contributed by atoms with E-state index in [9.17, 15) is 19.7 Å². The normalized spacial score (nSPS) is 12.0. The van der Waals surface area contributed by atoms with Gasteiger partial charge in [-0.15, -0.1) is 0 Å². The average Bonchev–Trinajstić information content (AvgIpc) is 2.75. The number of rotatable bonds is 8. The molecule has 1 rings (SSSR count). The number of hydrogen-bond acceptors (Lipinski definition) is 5. The third-order valence-electron chi connectivity index (χ3n) is 3.81. The molecule has 1 heterocycles. The Kier molecular flexibility index (Phi) is 6.23. The van der Waals surface area contributed by atoms with Crippen molar-refractivity contribution in [3.8, 4) is 0 Å². The number of carbonyl (C=O) groups excluding carboxylic acids is 1. The Labute approximate surface area is 134 Å². The third-order valence-corrected chi connectivity index (χ3v) is 3.81. The largest absolute Gasteiger partial charge is 0.480 e. The van der Waals surface area contributed by atoms with Gasteiger partial charge >= 0.3 is 11.7 Å². The molecule has 0 saturated heterocycles. The second kappa shape index (κ2) is 7.70. The van der Waals surface area contributed by atoms with Gasteiger partial charge in [-0.1, -0.05) is 6.92 Å². The number of nitro groups is 1. The van der Waals surface area contributed by atoms with Crippen LogP contribution < -0.4 is 0 Å². The molecule has 0 radical (unpaired) electrons. The van der Waals surface area contributed by atoms with Gasteiger partial charge in [0.25, 0.3) is 0 Å². The van der Waals surface area contributed by atoms with Crippen molar-refractivity contribution in [2.45, 2.75) is 53.1 Å². The van der Waals surface area contributed by atoms with E-state index in [0.29, 0.717) is 17.8 Å². The zero-order valence-electron chi connectivity index (χ0n) is 13.8. The smallest absolute Gasteiger partial charge is 0.323 e. The third kappa shape index (κ3) is 4.51. The molecule has 1 aromatic rings. The monoisotopic (exact) mass is 326 g/mol. The number of carboxylic acids is 1. The maximum Gasteiger partial charge on any atom is 0.323 e. The molecule has 1 unspecified atom stereocenters. The lowest BCUT2D eigenvalue weighted by Gasteiger charge is -2.27. The second-order valence-corrected chi connectivity index (χ2v) is 5.42. The maximum absolute atomic E-state index is 12.3. The Balaban J connectivity index is 2.83. The van der Waals surface area contributed by atoms with Crippen LogP contribution in [0.1, 0.15) is 38.1 Å². The molecule has 0 fully saturated rings. The molecule has 1 N–H and O–H groups in total. The number of aryl methyl sites for hydroxylation is 2. The van der Waals surface area contributed by atoms with Crippen LogP contribution in [0.25, 0.3) is 0 Å². The van der Waals surface area contributed by atoms with Crippen molar-refractivity contribution >= 4 is 17.6 Å². The van der Waals surface area contributed by atoms with Gasteiger partial charge in [-0.05, 0) is 27.2 Å². The highest BCUT2D eigenvalue weighted by Crippen LogP contribution is 2.22. The van der Waals surface area contributed by atoms with Crippen LogP contribution >= 0.6 is 0 Å². The number of hydrogen-bond donors (Lipinski definition) is 1. The summed E-state index contributed by atoms with van der Waals surface area (Å²) < 4.78 is 1.42. The van der Waals surface area contributed by atoms with Crippen molar-refractivity contribution in [2.24, 2.45) is 0 Å². The summed E-state index contributed by atoms with van der Waals surface area (Å²) in [6.07, 6.45) is 0.682. The Hall–Kier alpha value is -2.45. The molecule has 0 aliphatic carbocycles. The minimum absolute atomic E-state index is 0.0384. The summed E-state index contributed by atoms with van der Waals surface area (Å²) in [5.74, 6) is -1.38. The topological polar surface area (TPSA) is 119 Å². The average molecular weight is 326 g/mol. The van der Waals surface area contributed by atoms with Crippen molar-refractivity contribution in [3.63, 3.8) is 0 Å². The number of aromatic nitrogens is 2. The van der Waals surface area contributed by atoms with Crippen LogP contribution in [0.2, 0.25) is 0 Å². The molecule has 0 saturated carbocycles. The van der Waals surface area contributed by atoms with Gasteiger partial charge in [0.15, 0.2) is 0 Å². The van der Waals surface area contributed by atoms with Gasteiger partial charge in [-0.25, -0.2) is 0 Å². The van der Waals surface area contributed by atoms with Gasteiger partial charge in [0, 0.05) is 12.5 Å². The minimum Gasteiger partial charge on any atom is -0.480 e. The second-order valence-electron chi connectivity index (χ2n) is 5.42. The van der Waals surface area contributed by atoms with Gasteiger partial charge in [-0.3, -0.25) is 24.4 Å². The number of carbonyl (C=O) groups is 2. The summed E-state index contributed by atoms with van der Waals surface area (Å²) in [5, 5.41) is 24.0. The number of amides is 1. The predicted molar refractivity (Wildman–Crippen MR) is 82.1 cm³/mol. The lowest BCUT2D eigenvalue weighted by molar-refractivity contribution is -0.386. The van der Waals surface area contributed by atoms with Crippen LogP contribution in [-0.2, 0) is 16.1 Å². The lowest BCUT2D eigenvalue weighted by atomic mass is 10.2. The highest BCUT2D eigenvalue weighted by Gasteiger charge is 2.24. The Morgan fingerprint density at radius 3 is 2.48 bits per heavy atom. The van der Waals surface area contributed by atoms with Gasteiger partial charge in [0.05, 0.1) is 11.5 Å². The molecule has 0 aliphatic heterocycles. The number of aliphatic carboxylic acids is 1. The van der Waals surface area contributed by atoms with E-state index in [1.54, 1.807) is 20.8 Å². The molecule has 0 bridgehead atoms. The van der Waals surface area contributed by atoms with Crippen molar-refractivity contribution in [1.29, 1.82) is 0 Å². The van der Waals surface area contributed by atoms with Crippen LogP contribution in [0.15, 0.2) is 0 Å². The molecule has 9 nitrogen and oxygen atoms in total. The molecular weight excluding hydrogens is 304 g/mol. The fourth-order valence-corrected chi connectivity index (χ4v) is 2.37. The Morgan fingerprint density at radius 2 is 2.04 bits per heavy atom. The van der Waals surface area contributed by atoms with E-state index in [4.69, 9.17) is 5.11 Å². The summed E-state index contributed by atoms with van der Waals surface area (Å²) in [7, 11) is 0. The molecule has 9 heteroatoms. The molecule has 23 heavy (non-hydrogen) atoms. The van der Waals surface area contributed by atoms with E-state index in [2.05, 4.69) is 5.10 Å². The summed E-state index contributed by atoms with van der Waals surface area (Å²) in [4.78, 5) is 35.0. The molecule has 0 aromatic carbocycles. The van der Waals surface area contributed by atoms with Crippen LogP contribution in [0, 0.1) is 24.0 Å². The zero-order valence-corrected chi connectivity index (χ0v) is 13.8. The van der Waals surface area contributed by atoms with Crippen molar-refractivity contribution in [3.05, 3.63) is 21.5 Å². The summed E-state index contributed by atoms with van der Waals surface area (Å²) in [5.41, 5.74) is 0.625. The van der Waals surface area contributed by atoms with Gasteiger partial charge < -0.3 is 10.0 Å². The maximum atomic E-state index is 12.3. The first-order chi connectivity index (χ1) is 10.7. The first-order valence-corrected chi connectivity index (χ1v) is 7.38. The van der Waals surface area contributed by atoms with Gasteiger partial charge in [0.1, 0.15) is 17.9 Å². The molecule has 128 valence electrons. The standard InChI is InChI=1S/C14H22N4O5/c1-5-9(2)16(8-13(20)21)12(19)6-7-17-11(4)14(18(22)23)10(3)15-17/h9H,5-8H2,1-4H3,(H,20,21). The highest BCUT2D eigenvalue weighted by molar-refractivity contribution is 5.81. The summed E-state index contributed by atoms with van der Waals surface area (Å²) in [6.45, 7) is 6.59. The predicted octanol–water partition coefficient (Wildman–Crippen LogP) is 1.51. The van der Waals surface area contributed by atoms with E-state index in [1.807, 2.05) is 6.92 Å². The van der Waals surface area contributed by atoms with E-state index in [-0.39, 0.29) is 37.1 Å². The highest BCUT2D eigenvalue weighted by atomic mass is 16.6. The van der Waals surface area contributed by atoms with Crippen molar-refractivity contribution in [2.75, 3.05) is 6.54 Å². The summed E-state index contributed by atoms with van der Waals surface area (Å²) >= 11 is 0. The molecule has 0 spiro atoms. The minimum atomic E-state index is -1.07. The van der Waals surface area contributed by atoms with E-state index in [1.165, 1.54) is 9.58 Å². The first-order valence-electron chi connectivity index (χ1n) is 7.38. The summed E-state index contributed by atoms with van der Waals surface area (Å²) in [6, 6.07) is -0.187. The Bertz CT molecular complexity index is 611. The van der Waals surface area contributed by atoms with Crippen molar-refractivity contribution < 1.29 is 19.6 Å².